The van der Waals surface area contributed by atoms with E-state index in [1.165, 1.54) is 0 Å². The second kappa shape index (κ2) is 5.19. The van der Waals surface area contributed by atoms with Crippen LogP contribution in [-0.2, 0) is 10.2 Å². The molecule has 4 heteroatoms. The van der Waals surface area contributed by atoms with E-state index >= 15 is 0 Å². The summed E-state index contributed by atoms with van der Waals surface area (Å²) in [7, 11) is 1.64. The molecule has 0 aliphatic heterocycles. The zero-order valence-electron chi connectivity index (χ0n) is 10.8. The van der Waals surface area contributed by atoms with E-state index in [0.29, 0.717) is 0 Å². The molecule has 1 aromatic carbocycles. The number of anilines is 1. The van der Waals surface area contributed by atoms with Crippen molar-refractivity contribution in [3.63, 3.8) is 0 Å². The number of nitrogens with two attached hydrogens (primary N) is 1. The van der Waals surface area contributed by atoms with E-state index in [1.54, 1.807) is 7.11 Å². The van der Waals surface area contributed by atoms with Crippen molar-refractivity contribution in [2.24, 2.45) is 5.73 Å². The summed E-state index contributed by atoms with van der Waals surface area (Å²) in [6.45, 7) is 6.27. The molecule has 0 atom stereocenters. The summed E-state index contributed by atoms with van der Waals surface area (Å²) in [6.07, 6.45) is 0. The Morgan fingerprint density at radius 1 is 1.41 bits per heavy atom. The molecule has 0 spiro atoms. The van der Waals surface area contributed by atoms with Gasteiger partial charge in [0.05, 0.1) is 13.7 Å². The van der Waals surface area contributed by atoms with Crippen LogP contribution in [0.2, 0.25) is 0 Å². The maximum Gasteiger partial charge on any atom is 0.238 e. The molecule has 0 aliphatic carbocycles. The Morgan fingerprint density at radius 3 is 2.53 bits per heavy atom. The Hall–Kier alpha value is -1.55. The lowest BCUT2D eigenvalue weighted by Gasteiger charge is -2.23. The minimum Gasteiger partial charge on any atom is -0.496 e. The van der Waals surface area contributed by atoms with Crippen molar-refractivity contribution < 1.29 is 9.53 Å². The predicted octanol–water partition coefficient (Wildman–Crippen LogP) is 1.89. The van der Waals surface area contributed by atoms with Gasteiger partial charge < -0.3 is 15.8 Å². The lowest BCUT2D eigenvalue weighted by atomic mass is 9.86. The van der Waals surface area contributed by atoms with Crippen LogP contribution >= 0.6 is 0 Å². The minimum absolute atomic E-state index is 0.0170. The Balaban J connectivity index is 3.09. The van der Waals surface area contributed by atoms with Gasteiger partial charge in [0.15, 0.2) is 0 Å². The molecule has 0 unspecified atom stereocenters. The van der Waals surface area contributed by atoms with Crippen molar-refractivity contribution >= 4 is 11.6 Å². The van der Waals surface area contributed by atoms with Gasteiger partial charge in [-0.05, 0) is 23.6 Å². The predicted molar refractivity (Wildman–Crippen MR) is 69.4 cm³/mol. The van der Waals surface area contributed by atoms with Crippen LogP contribution < -0.4 is 15.8 Å². The highest BCUT2D eigenvalue weighted by molar-refractivity contribution is 5.92. The van der Waals surface area contributed by atoms with Gasteiger partial charge in [-0.25, -0.2) is 0 Å². The number of benzene rings is 1. The van der Waals surface area contributed by atoms with E-state index in [9.17, 15) is 4.79 Å². The molecular weight excluding hydrogens is 216 g/mol. The SMILES string of the molecule is COc1ccc(NC(=O)CN)cc1C(C)(C)C. The average molecular weight is 236 g/mol. The van der Waals surface area contributed by atoms with Crippen LogP contribution in [-0.4, -0.2) is 19.6 Å². The molecule has 0 aliphatic rings. The molecule has 1 aromatic rings. The molecular formula is C13H20N2O2. The molecule has 3 N–H and O–H groups in total. The summed E-state index contributed by atoms with van der Waals surface area (Å²) in [4.78, 5) is 11.2. The monoisotopic (exact) mass is 236 g/mol. The van der Waals surface area contributed by atoms with Crippen LogP contribution in [0.4, 0.5) is 5.69 Å². The number of hydrogen-bond acceptors (Lipinski definition) is 3. The third-order valence-corrected chi connectivity index (χ3v) is 2.48. The van der Waals surface area contributed by atoms with E-state index in [4.69, 9.17) is 10.5 Å². The van der Waals surface area contributed by atoms with Crippen molar-refractivity contribution in [2.45, 2.75) is 26.2 Å². The fourth-order valence-electron chi connectivity index (χ4n) is 1.58. The zero-order chi connectivity index (χ0) is 13.1. The molecule has 0 bridgehead atoms. The summed E-state index contributed by atoms with van der Waals surface area (Å²) >= 11 is 0. The average Bonchev–Trinajstić information content (AvgIpc) is 2.27. The molecule has 0 aromatic heterocycles. The first-order valence-electron chi connectivity index (χ1n) is 5.57. The number of amides is 1. The summed E-state index contributed by atoms with van der Waals surface area (Å²) in [6, 6.07) is 5.58. The van der Waals surface area contributed by atoms with Crippen LogP contribution in [0.5, 0.6) is 5.75 Å². The Morgan fingerprint density at radius 2 is 2.06 bits per heavy atom. The molecule has 4 nitrogen and oxygen atoms in total. The molecule has 0 heterocycles. The van der Waals surface area contributed by atoms with Gasteiger partial charge in [0.2, 0.25) is 5.91 Å². The zero-order valence-corrected chi connectivity index (χ0v) is 10.8. The Kier molecular flexibility index (Phi) is 4.12. The molecule has 1 rings (SSSR count). The Labute approximate surface area is 102 Å². The number of ether oxygens (including phenoxy) is 1. The largest absolute Gasteiger partial charge is 0.496 e. The van der Waals surface area contributed by atoms with Crippen molar-refractivity contribution in [2.75, 3.05) is 19.0 Å². The Bertz CT molecular complexity index is 408. The third-order valence-electron chi connectivity index (χ3n) is 2.48. The summed E-state index contributed by atoms with van der Waals surface area (Å²) < 4.78 is 5.32. The van der Waals surface area contributed by atoms with Crippen molar-refractivity contribution in [3.05, 3.63) is 23.8 Å². The van der Waals surface area contributed by atoms with Crippen molar-refractivity contribution in [1.29, 1.82) is 0 Å². The van der Waals surface area contributed by atoms with Crippen molar-refractivity contribution in [1.82, 2.24) is 0 Å². The number of carbonyl (C=O) groups excluding carboxylic acids is 1. The number of methoxy groups -OCH3 is 1. The smallest absolute Gasteiger partial charge is 0.238 e. The van der Waals surface area contributed by atoms with Gasteiger partial charge in [-0.3, -0.25) is 4.79 Å². The van der Waals surface area contributed by atoms with Crippen LogP contribution in [0, 0.1) is 0 Å². The fourth-order valence-corrected chi connectivity index (χ4v) is 1.58. The molecule has 1 amide bonds. The van der Waals surface area contributed by atoms with Crippen LogP contribution in [0.1, 0.15) is 26.3 Å². The number of nitrogens with one attached hydrogen (secondary N) is 1. The fraction of sp³-hybridized carbons (Fsp3) is 0.462. The van der Waals surface area contributed by atoms with Crippen molar-refractivity contribution in [3.8, 4) is 5.75 Å². The molecule has 0 saturated heterocycles. The lowest BCUT2D eigenvalue weighted by molar-refractivity contribution is -0.114. The normalized spacial score (nSPS) is 11.1. The highest BCUT2D eigenvalue weighted by Gasteiger charge is 2.19. The molecule has 0 radical (unpaired) electrons. The lowest BCUT2D eigenvalue weighted by Crippen LogP contribution is -2.22. The van der Waals surface area contributed by atoms with Gasteiger partial charge in [-0.15, -0.1) is 0 Å². The third kappa shape index (κ3) is 3.46. The summed E-state index contributed by atoms with van der Waals surface area (Å²) in [5, 5.41) is 2.74. The highest BCUT2D eigenvalue weighted by Crippen LogP contribution is 2.33. The van der Waals surface area contributed by atoms with Gasteiger partial charge in [-0.1, -0.05) is 20.8 Å². The summed E-state index contributed by atoms with van der Waals surface area (Å²) in [5.74, 6) is 0.623. The van der Waals surface area contributed by atoms with Gasteiger partial charge in [0.1, 0.15) is 5.75 Å². The van der Waals surface area contributed by atoms with Crippen LogP contribution in [0.15, 0.2) is 18.2 Å². The van der Waals surface area contributed by atoms with Gasteiger partial charge >= 0.3 is 0 Å². The topological polar surface area (TPSA) is 64.3 Å². The van der Waals surface area contributed by atoms with Crippen LogP contribution in [0.3, 0.4) is 0 Å². The van der Waals surface area contributed by atoms with E-state index in [-0.39, 0.29) is 17.9 Å². The van der Waals surface area contributed by atoms with E-state index in [2.05, 4.69) is 26.1 Å². The maximum atomic E-state index is 11.2. The molecule has 0 fully saturated rings. The van der Waals surface area contributed by atoms with E-state index in [0.717, 1.165) is 17.0 Å². The first-order valence-corrected chi connectivity index (χ1v) is 5.57. The summed E-state index contributed by atoms with van der Waals surface area (Å²) in [5.41, 5.74) is 7.01. The molecule has 94 valence electrons. The number of carbonyl (C=O) groups is 1. The number of rotatable bonds is 3. The van der Waals surface area contributed by atoms with E-state index < -0.39 is 0 Å². The van der Waals surface area contributed by atoms with Gasteiger partial charge in [0, 0.05) is 11.3 Å². The maximum absolute atomic E-state index is 11.2. The van der Waals surface area contributed by atoms with E-state index in [1.807, 2.05) is 18.2 Å². The highest BCUT2D eigenvalue weighted by atomic mass is 16.5. The second-order valence-corrected chi connectivity index (χ2v) is 4.92. The second-order valence-electron chi connectivity index (χ2n) is 4.92. The van der Waals surface area contributed by atoms with Gasteiger partial charge in [-0.2, -0.15) is 0 Å². The standard InChI is InChI=1S/C13H20N2O2/c1-13(2,3)10-7-9(15-12(16)8-14)5-6-11(10)17-4/h5-7H,8,14H2,1-4H3,(H,15,16). The minimum atomic E-state index is -0.199. The first-order chi connectivity index (χ1) is 7.88. The molecule has 0 saturated carbocycles. The quantitative estimate of drug-likeness (QED) is 0.842. The van der Waals surface area contributed by atoms with Gasteiger partial charge in [0.25, 0.3) is 0 Å². The first kappa shape index (κ1) is 13.5. The van der Waals surface area contributed by atoms with Crippen LogP contribution in [0.25, 0.3) is 0 Å². The molecule has 17 heavy (non-hydrogen) atoms. The number of hydrogen-bond donors (Lipinski definition) is 2.